The fourth-order valence-corrected chi connectivity index (χ4v) is 1.24. The maximum Gasteiger partial charge on any atom is 0.181 e. The molecule has 0 heterocycles. The van der Waals surface area contributed by atoms with E-state index in [0.717, 1.165) is 6.07 Å². The Labute approximate surface area is 87.5 Å². The molecule has 1 aromatic rings. The van der Waals surface area contributed by atoms with Gasteiger partial charge in [-0.25, -0.2) is 8.78 Å². The molecule has 0 saturated carbocycles. The van der Waals surface area contributed by atoms with Crippen LogP contribution in [-0.2, 0) is 0 Å². The van der Waals surface area contributed by atoms with Gasteiger partial charge in [-0.2, -0.15) is 5.26 Å². The average molecular weight is 210 g/mol. The molecule has 0 aliphatic heterocycles. The van der Waals surface area contributed by atoms with Crippen LogP contribution in [0.2, 0.25) is 0 Å². The first-order chi connectivity index (χ1) is 7.19. The number of halogens is 2. The van der Waals surface area contributed by atoms with Gasteiger partial charge in [-0.05, 0) is 18.6 Å². The van der Waals surface area contributed by atoms with Crippen molar-refractivity contribution in [2.75, 3.05) is 5.32 Å². The zero-order valence-corrected chi connectivity index (χ0v) is 8.43. The summed E-state index contributed by atoms with van der Waals surface area (Å²) >= 11 is 0. The molecule has 4 heteroatoms. The van der Waals surface area contributed by atoms with Gasteiger partial charge in [0.2, 0.25) is 0 Å². The molecule has 80 valence electrons. The second-order valence-electron chi connectivity index (χ2n) is 3.21. The Hall–Kier alpha value is -1.63. The van der Waals surface area contributed by atoms with E-state index in [0.29, 0.717) is 6.42 Å². The molecule has 1 atom stereocenters. The SMILES string of the molecule is CCC(CC#N)Nc1cccc(F)c1F. The van der Waals surface area contributed by atoms with E-state index in [1.807, 2.05) is 13.0 Å². The lowest BCUT2D eigenvalue weighted by atomic mass is 10.1. The van der Waals surface area contributed by atoms with E-state index in [1.54, 1.807) is 0 Å². The highest BCUT2D eigenvalue weighted by Gasteiger charge is 2.11. The minimum atomic E-state index is -0.895. The highest BCUT2D eigenvalue weighted by atomic mass is 19.2. The van der Waals surface area contributed by atoms with Crippen LogP contribution in [0.1, 0.15) is 19.8 Å². The number of nitrogens with one attached hydrogen (secondary N) is 1. The zero-order chi connectivity index (χ0) is 11.3. The molecule has 0 fully saturated rings. The molecule has 0 aromatic heterocycles. The third-order valence-corrected chi connectivity index (χ3v) is 2.14. The largest absolute Gasteiger partial charge is 0.379 e. The first-order valence-corrected chi connectivity index (χ1v) is 4.76. The number of benzene rings is 1. The highest BCUT2D eigenvalue weighted by molar-refractivity contribution is 5.45. The van der Waals surface area contributed by atoms with E-state index in [9.17, 15) is 8.78 Å². The van der Waals surface area contributed by atoms with E-state index in [1.165, 1.54) is 12.1 Å². The van der Waals surface area contributed by atoms with Crippen molar-refractivity contribution in [3.05, 3.63) is 29.8 Å². The monoisotopic (exact) mass is 210 g/mol. The van der Waals surface area contributed by atoms with Crippen LogP contribution in [-0.4, -0.2) is 6.04 Å². The molecule has 1 unspecified atom stereocenters. The van der Waals surface area contributed by atoms with E-state index in [2.05, 4.69) is 5.32 Å². The summed E-state index contributed by atoms with van der Waals surface area (Å²) in [6.07, 6.45) is 0.954. The van der Waals surface area contributed by atoms with Crippen LogP contribution in [0.15, 0.2) is 18.2 Å². The van der Waals surface area contributed by atoms with Crippen molar-refractivity contribution in [3.63, 3.8) is 0 Å². The smallest absolute Gasteiger partial charge is 0.181 e. The number of hydrogen-bond acceptors (Lipinski definition) is 2. The van der Waals surface area contributed by atoms with Crippen LogP contribution >= 0.6 is 0 Å². The summed E-state index contributed by atoms with van der Waals surface area (Å²) < 4.78 is 26.1. The van der Waals surface area contributed by atoms with Crippen LogP contribution in [0, 0.1) is 23.0 Å². The predicted octanol–water partition coefficient (Wildman–Crippen LogP) is 3.07. The molecule has 1 N–H and O–H groups in total. The van der Waals surface area contributed by atoms with Gasteiger partial charge in [0.05, 0.1) is 18.2 Å². The average Bonchev–Trinajstić information content (AvgIpc) is 2.24. The van der Waals surface area contributed by atoms with Crippen LogP contribution in [0.3, 0.4) is 0 Å². The summed E-state index contributed by atoms with van der Waals surface area (Å²) in [6.45, 7) is 1.88. The fourth-order valence-electron chi connectivity index (χ4n) is 1.24. The first-order valence-electron chi connectivity index (χ1n) is 4.76. The Balaban J connectivity index is 2.80. The third-order valence-electron chi connectivity index (χ3n) is 2.14. The Bertz CT molecular complexity index is 371. The molecule has 1 aromatic carbocycles. The standard InChI is InChI=1S/C11H12F2N2/c1-2-8(6-7-14)15-10-5-3-4-9(12)11(10)13/h3-5,8,15H,2,6H2,1H3. The fraction of sp³-hybridized carbons (Fsp3) is 0.364. The van der Waals surface area contributed by atoms with Crippen LogP contribution in [0.4, 0.5) is 14.5 Å². The van der Waals surface area contributed by atoms with Crippen molar-refractivity contribution in [1.29, 1.82) is 5.26 Å². The molecule has 0 spiro atoms. The van der Waals surface area contributed by atoms with E-state index >= 15 is 0 Å². The molecule has 0 aliphatic rings. The zero-order valence-electron chi connectivity index (χ0n) is 8.43. The van der Waals surface area contributed by atoms with Crippen molar-refractivity contribution in [3.8, 4) is 6.07 Å². The lowest BCUT2D eigenvalue weighted by Gasteiger charge is -2.15. The van der Waals surface area contributed by atoms with Crippen LogP contribution in [0.25, 0.3) is 0 Å². The topological polar surface area (TPSA) is 35.8 Å². The Kier molecular flexibility index (Phi) is 4.04. The quantitative estimate of drug-likeness (QED) is 0.828. The Morgan fingerprint density at radius 2 is 2.20 bits per heavy atom. The van der Waals surface area contributed by atoms with Crippen molar-refractivity contribution in [2.45, 2.75) is 25.8 Å². The normalized spacial score (nSPS) is 11.9. The lowest BCUT2D eigenvalue weighted by Crippen LogP contribution is -2.18. The van der Waals surface area contributed by atoms with Crippen molar-refractivity contribution in [2.24, 2.45) is 0 Å². The second kappa shape index (κ2) is 5.30. The van der Waals surface area contributed by atoms with Gasteiger partial charge in [-0.15, -0.1) is 0 Å². The molecule has 15 heavy (non-hydrogen) atoms. The van der Waals surface area contributed by atoms with E-state index in [4.69, 9.17) is 5.26 Å². The van der Waals surface area contributed by atoms with Crippen molar-refractivity contribution < 1.29 is 8.78 Å². The number of anilines is 1. The predicted molar refractivity (Wildman–Crippen MR) is 54.3 cm³/mol. The van der Waals surface area contributed by atoms with E-state index < -0.39 is 11.6 Å². The van der Waals surface area contributed by atoms with Gasteiger partial charge in [0.1, 0.15) is 0 Å². The summed E-state index contributed by atoms with van der Waals surface area (Å²) in [5.74, 6) is -1.78. The molecular weight excluding hydrogens is 198 g/mol. The number of hydrogen-bond donors (Lipinski definition) is 1. The molecule has 1 rings (SSSR count). The van der Waals surface area contributed by atoms with Gasteiger partial charge in [0, 0.05) is 6.04 Å². The van der Waals surface area contributed by atoms with Gasteiger partial charge in [0.15, 0.2) is 11.6 Å². The summed E-state index contributed by atoms with van der Waals surface area (Å²) in [6, 6.07) is 5.80. The minimum absolute atomic E-state index is 0.108. The summed E-state index contributed by atoms with van der Waals surface area (Å²) in [5.41, 5.74) is 0.108. The molecule has 0 radical (unpaired) electrons. The van der Waals surface area contributed by atoms with Gasteiger partial charge >= 0.3 is 0 Å². The minimum Gasteiger partial charge on any atom is -0.379 e. The first kappa shape index (κ1) is 11.4. The maximum absolute atomic E-state index is 13.2. The van der Waals surface area contributed by atoms with Crippen molar-refractivity contribution >= 4 is 5.69 Å². The molecular formula is C11H12F2N2. The second-order valence-corrected chi connectivity index (χ2v) is 3.21. The lowest BCUT2D eigenvalue weighted by molar-refractivity contribution is 0.509. The Morgan fingerprint density at radius 3 is 2.80 bits per heavy atom. The molecule has 0 saturated heterocycles. The molecule has 0 aliphatic carbocycles. The van der Waals surface area contributed by atoms with Crippen LogP contribution < -0.4 is 5.32 Å². The van der Waals surface area contributed by atoms with E-state index in [-0.39, 0.29) is 18.2 Å². The van der Waals surface area contributed by atoms with Gasteiger partial charge in [-0.3, -0.25) is 0 Å². The van der Waals surface area contributed by atoms with Gasteiger partial charge < -0.3 is 5.32 Å². The van der Waals surface area contributed by atoms with Gasteiger partial charge in [0.25, 0.3) is 0 Å². The number of nitrogens with zero attached hydrogens (tertiary/aromatic N) is 1. The van der Waals surface area contributed by atoms with Crippen molar-refractivity contribution in [1.82, 2.24) is 0 Å². The third kappa shape index (κ3) is 2.91. The molecule has 2 nitrogen and oxygen atoms in total. The van der Waals surface area contributed by atoms with Gasteiger partial charge in [-0.1, -0.05) is 13.0 Å². The Morgan fingerprint density at radius 1 is 1.47 bits per heavy atom. The number of rotatable bonds is 4. The summed E-state index contributed by atoms with van der Waals surface area (Å²) in [4.78, 5) is 0. The van der Waals surface area contributed by atoms with Crippen LogP contribution in [0.5, 0.6) is 0 Å². The summed E-state index contributed by atoms with van der Waals surface area (Å²) in [5, 5.41) is 11.3. The molecule has 0 amide bonds. The number of nitriles is 1. The summed E-state index contributed by atoms with van der Waals surface area (Å²) in [7, 11) is 0. The maximum atomic E-state index is 13.2. The molecule has 0 bridgehead atoms. The highest BCUT2D eigenvalue weighted by Crippen LogP contribution is 2.18.